The summed E-state index contributed by atoms with van der Waals surface area (Å²) in [5.74, 6) is 0.425. The molecule has 1 amide bonds. The zero-order valence-corrected chi connectivity index (χ0v) is 20.3. The first-order valence-electron chi connectivity index (χ1n) is 10.7. The summed E-state index contributed by atoms with van der Waals surface area (Å²) in [4.78, 5) is 26.9. The van der Waals surface area contributed by atoms with Gasteiger partial charge in [0, 0.05) is 15.4 Å². The summed E-state index contributed by atoms with van der Waals surface area (Å²) in [5, 5.41) is 3.86. The largest absolute Gasteiger partial charge is 0.416 e. The summed E-state index contributed by atoms with van der Waals surface area (Å²) in [6.07, 6.45) is -4.12. The van der Waals surface area contributed by atoms with Gasteiger partial charge in [0.1, 0.15) is 5.82 Å². The molecular weight excluding hydrogens is 493 g/mol. The average molecular weight is 513 g/mol. The van der Waals surface area contributed by atoms with Gasteiger partial charge in [0.05, 0.1) is 38.6 Å². The molecule has 178 valence electrons. The van der Waals surface area contributed by atoms with Crippen LogP contribution in [0.15, 0.2) is 54.6 Å². The van der Waals surface area contributed by atoms with Gasteiger partial charge in [-0.3, -0.25) is 4.79 Å². The molecule has 0 saturated carbocycles. The minimum absolute atomic E-state index is 0.0959. The monoisotopic (exact) mass is 512 g/mol. The van der Waals surface area contributed by atoms with E-state index >= 15 is 0 Å². The maximum atomic E-state index is 13.0. The Morgan fingerprint density at radius 1 is 0.971 bits per heavy atom. The van der Waals surface area contributed by atoms with Crippen molar-refractivity contribution in [2.75, 3.05) is 5.32 Å². The minimum Gasteiger partial charge on any atom is -0.337 e. The molecule has 2 N–H and O–H groups in total. The molecular formula is C25H19F3N4OS2. The summed E-state index contributed by atoms with van der Waals surface area (Å²) in [7, 11) is 0. The van der Waals surface area contributed by atoms with Crippen molar-refractivity contribution in [3.8, 4) is 21.1 Å². The Morgan fingerprint density at radius 2 is 1.71 bits per heavy atom. The van der Waals surface area contributed by atoms with E-state index in [0.717, 1.165) is 43.0 Å². The fourth-order valence-corrected chi connectivity index (χ4v) is 5.62. The number of carbonyl (C=O) groups is 1. The van der Waals surface area contributed by atoms with Crippen LogP contribution in [-0.4, -0.2) is 20.9 Å². The predicted octanol–water partition coefficient (Wildman–Crippen LogP) is 7.23. The van der Waals surface area contributed by atoms with Gasteiger partial charge in [0.25, 0.3) is 0 Å². The number of carbonyl (C=O) groups excluding carboxylic acids is 1. The Labute approximate surface area is 206 Å². The van der Waals surface area contributed by atoms with Crippen LogP contribution >= 0.6 is 22.7 Å². The van der Waals surface area contributed by atoms with Crippen LogP contribution < -0.4 is 5.32 Å². The number of nitrogens with one attached hydrogen (secondary N) is 2. The SMILES string of the molecule is Cc1nc(C)c(CC(=O)Nc2ccc(-c3ccc(-c4nc5ccc(C(F)(F)F)cc5[nH]4)s3)cc2)s1. The van der Waals surface area contributed by atoms with E-state index in [1.165, 1.54) is 28.7 Å². The molecule has 3 heterocycles. The van der Waals surface area contributed by atoms with Crippen molar-refractivity contribution in [1.82, 2.24) is 15.0 Å². The standard InChI is InChI=1S/C25H19F3N4OS2/c1-13-22(34-14(2)29-13)12-23(33)30-17-6-3-15(4-7-17)20-9-10-21(35-20)24-31-18-8-5-16(25(26,27)28)11-19(18)32-24/h3-11H,12H2,1-2H3,(H,30,33)(H,31,32). The first kappa shape index (κ1) is 23.3. The number of thiophene rings is 1. The number of aryl methyl sites for hydroxylation is 2. The lowest BCUT2D eigenvalue weighted by atomic mass is 10.1. The molecule has 0 aliphatic heterocycles. The van der Waals surface area contributed by atoms with Crippen LogP contribution in [0.2, 0.25) is 0 Å². The van der Waals surface area contributed by atoms with Crippen molar-refractivity contribution in [3.63, 3.8) is 0 Å². The van der Waals surface area contributed by atoms with E-state index in [2.05, 4.69) is 20.3 Å². The Balaban J connectivity index is 1.30. The fraction of sp³-hybridized carbons (Fsp3) is 0.160. The number of anilines is 1. The van der Waals surface area contributed by atoms with E-state index < -0.39 is 11.7 Å². The third-order valence-electron chi connectivity index (χ3n) is 5.42. The summed E-state index contributed by atoms with van der Waals surface area (Å²) in [5.41, 5.74) is 2.66. The van der Waals surface area contributed by atoms with Gasteiger partial charge in [-0.05, 0) is 61.9 Å². The molecule has 0 aliphatic carbocycles. The Hall–Kier alpha value is -3.50. The molecule has 0 bridgehead atoms. The van der Waals surface area contributed by atoms with Crippen molar-refractivity contribution in [3.05, 3.63) is 75.7 Å². The van der Waals surface area contributed by atoms with Gasteiger partial charge < -0.3 is 10.3 Å². The van der Waals surface area contributed by atoms with Crippen molar-refractivity contribution in [2.24, 2.45) is 0 Å². The summed E-state index contributed by atoms with van der Waals surface area (Å²) >= 11 is 3.01. The highest BCUT2D eigenvalue weighted by Gasteiger charge is 2.30. The van der Waals surface area contributed by atoms with Gasteiger partial charge in [0.2, 0.25) is 5.91 Å². The normalized spacial score (nSPS) is 11.8. The number of alkyl halides is 3. The van der Waals surface area contributed by atoms with Gasteiger partial charge in [-0.2, -0.15) is 13.2 Å². The molecule has 35 heavy (non-hydrogen) atoms. The quantitative estimate of drug-likeness (QED) is 0.261. The van der Waals surface area contributed by atoms with E-state index in [4.69, 9.17) is 0 Å². The van der Waals surface area contributed by atoms with Crippen molar-refractivity contribution in [1.29, 1.82) is 0 Å². The molecule has 0 saturated heterocycles. The highest BCUT2D eigenvalue weighted by Crippen LogP contribution is 2.36. The first-order valence-corrected chi connectivity index (χ1v) is 12.3. The van der Waals surface area contributed by atoms with E-state index in [1.807, 2.05) is 50.2 Å². The molecule has 2 aromatic carbocycles. The zero-order chi connectivity index (χ0) is 24.7. The molecule has 3 aromatic heterocycles. The number of nitrogens with zero attached hydrogens (tertiary/aromatic N) is 2. The fourth-order valence-electron chi connectivity index (χ4n) is 3.73. The number of imidazole rings is 1. The van der Waals surface area contributed by atoms with E-state index in [1.54, 1.807) is 0 Å². The maximum absolute atomic E-state index is 13.0. The number of fused-ring (bicyclic) bond motifs is 1. The van der Waals surface area contributed by atoms with Gasteiger partial charge >= 0.3 is 6.18 Å². The number of hydrogen-bond donors (Lipinski definition) is 2. The highest BCUT2D eigenvalue weighted by atomic mass is 32.1. The topological polar surface area (TPSA) is 70.7 Å². The summed E-state index contributed by atoms with van der Waals surface area (Å²) < 4.78 is 39.0. The second kappa shape index (κ2) is 8.94. The first-order chi connectivity index (χ1) is 16.7. The number of amides is 1. The van der Waals surface area contributed by atoms with Gasteiger partial charge in [-0.25, -0.2) is 9.97 Å². The lowest BCUT2D eigenvalue weighted by Crippen LogP contribution is -2.14. The molecule has 5 aromatic rings. The lowest BCUT2D eigenvalue weighted by Gasteiger charge is -2.06. The summed E-state index contributed by atoms with van der Waals surface area (Å²) in [6, 6.07) is 14.8. The van der Waals surface area contributed by atoms with E-state index in [-0.39, 0.29) is 12.3 Å². The molecule has 0 aliphatic rings. The molecule has 5 rings (SSSR count). The number of benzene rings is 2. The van der Waals surface area contributed by atoms with Crippen LogP contribution in [0, 0.1) is 13.8 Å². The van der Waals surface area contributed by atoms with Gasteiger partial charge in [0.15, 0.2) is 0 Å². The Kier molecular flexibility index (Phi) is 5.94. The molecule has 5 nitrogen and oxygen atoms in total. The Bertz CT molecular complexity index is 1530. The van der Waals surface area contributed by atoms with Crippen molar-refractivity contribution < 1.29 is 18.0 Å². The van der Waals surface area contributed by atoms with Gasteiger partial charge in [-0.1, -0.05) is 12.1 Å². The molecule has 0 radical (unpaired) electrons. The smallest absolute Gasteiger partial charge is 0.337 e. The van der Waals surface area contributed by atoms with Crippen LogP contribution in [0.5, 0.6) is 0 Å². The molecule has 10 heteroatoms. The molecule has 0 atom stereocenters. The second-order valence-electron chi connectivity index (χ2n) is 8.02. The number of thiazole rings is 1. The highest BCUT2D eigenvalue weighted by molar-refractivity contribution is 7.18. The lowest BCUT2D eigenvalue weighted by molar-refractivity contribution is -0.137. The number of aromatic amines is 1. The number of hydrogen-bond acceptors (Lipinski definition) is 5. The van der Waals surface area contributed by atoms with Crippen molar-refractivity contribution >= 4 is 45.3 Å². The summed E-state index contributed by atoms with van der Waals surface area (Å²) in [6.45, 7) is 3.83. The van der Waals surface area contributed by atoms with Gasteiger partial charge in [-0.15, -0.1) is 22.7 Å². The number of aromatic nitrogens is 3. The Morgan fingerprint density at radius 3 is 2.40 bits per heavy atom. The molecule has 0 unspecified atom stereocenters. The molecule has 0 spiro atoms. The third kappa shape index (κ3) is 4.98. The van der Waals surface area contributed by atoms with E-state index in [0.29, 0.717) is 22.5 Å². The van der Waals surface area contributed by atoms with Crippen LogP contribution in [0.4, 0.5) is 18.9 Å². The maximum Gasteiger partial charge on any atom is 0.416 e. The molecule has 0 fully saturated rings. The number of rotatable bonds is 5. The predicted molar refractivity (Wildman–Crippen MR) is 134 cm³/mol. The number of halogens is 3. The average Bonchev–Trinajstić information content (AvgIpc) is 3.51. The minimum atomic E-state index is -4.40. The van der Waals surface area contributed by atoms with Crippen molar-refractivity contribution in [2.45, 2.75) is 26.4 Å². The third-order valence-corrected chi connectivity index (χ3v) is 7.64. The van der Waals surface area contributed by atoms with E-state index in [9.17, 15) is 18.0 Å². The van der Waals surface area contributed by atoms with Crippen LogP contribution in [0.3, 0.4) is 0 Å². The van der Waals surface area contributed by atoms with Crippen LogP contribution in [0.1, 0.15) is 21.1 Å². The zero-order valence-electron chi connectivity index (χ0n) is 18.7. The van der Waals surface area contributed by atoms with Crippen LogP contribution in [-0.2, 0) is 17.4 Å². The number of H-pyrrole nitrogens is 1. The van der Waals surface area contributed by atoms with Crippen LogP contribution in [0.25, 0.3) is 32.2 Å². The second-order valence-corrected chi connectivity index (χ2v) is 10.4.